The number of halogens is 3. The minimum absolute atomic E-state index is 0.185. The maximum Gasteiger partial charge on any atom is 0.573 e. The number of hydrogen-bond donors (Lipinski definition) is 2. The predicted molar refractivity (Wildman–Crippen MR) is 69.8 cm³/mol. The minimum Gasteiger partial charge on any atom is -0.406 e. The highest BCUT2D eigenvalue weighted by molar-refractivity contribution is 7.12. The Morgan fingerprint density at radius 3 is 2.65 bits per heavy atom. The standard InChI is InChI=1S/C12H9F3N2O2S/c13-12(14,15)19-8-3-1-2-7(6-8)17-11(18)10-9(16)4-5-20-10/h1-6H,16H2,(H,17,18). The van der Waals surface area contributed by atoms with Gasteiger partial charge in [0.2, 0.25) is 0 Å². The van der Waals surface area contributed by atoms with Crippen molar-refractivity contribution in [2.45, 2.75) is 6.36 Å². The van der Waals surface area contributed by atoms with Crippen LogP contribution in [-0.2, 0) is 0 Å². The number of thiophene rings is 1. The van der Waals surface area contributed by atoms with E-state index >= 15 is 0 Å². The summed E-state index contributed by atoms with van der Waals surface area (Å²) >= 11 is 1.14. The molecule has 0 saturated heterocycles. The first kappa shape index (κ1) is 14.2. The van der Waals surface area contributed by atoms with E-state index in [-0.39, 0.29) is 5.69 Å². The predicted octanol–water partition coefficient (Wildman–Crippen LogP) is 3.48. The fourth-order valence-corrected chi connectivity index (χ4v) is 2.18. The Bertz CT molecular complexity index is 625. The van der Waals surface area contributed by atoms with Crippen LogP contribution in [0, 0.1) is 0 Å². The van der Waals surface area contributed by atoms with Gasteiger partial charge in [-0.2, -0.15) is 0 Å². The Labute approximate surface area is 116 Å². The second-order valence-electron chi connectivity index (χ2n) is 3.73. The number of carbonyl (C=O) groups is 1. The number of ether oxygens (including phenoxy) is 1. The highest BCUT2D eigenvalue weighted by Gasteiger charge is 2.31. The second kappa shape index (κ2) is 5.41. The zero-order valence-corrected chi connectivity index (χ0v) is 10.7. The lowest BCUT2D eigenvalue weighted by atomic mass is 10.3. The van der Waals surface area contributed by atoms with Crippen LogP contribution in [0.15, 0.2) is 35.7 Å². The van der Waals surface area contributed by atoms with Gasteiger partial charge < -0.3 is 15.8 Å². The Hall–Kier alpha value is -2.22. The lowest BCUT2D eigenvalue weighted by Gasteiger charge is -2.10. The maximum absolute atomic E-state index is 12.1. The van der Waals surface area contributed by atoms with Gasteiger partial charge in [0.25, 0.3) is 5.91 Å². The first-order valence-corrected chi connectivity index (χ1v) is 6.23. The number of nitrogen functional groups attached to an aromatic ring is 1. The number of hydrogen-bond acceptors (Lipinski definition) is 4. The van der Waals surface area contributed by atoms with E-state index in [1.54, 1.807) is 11.4 Å². The van der Waals surface area contributed by atoms with Gasteiger partial charge in [0.15, 0.2) is 0 Å². The van der Waals surface area contributed by atoms with Crippen molar-refractivity contribution in [1.29, 1.82) is 0 Å². The van der Waals surface area contributed by atoms with Crippen LogP contribution in [-0.4, -0.2) is 12.3 Å². The summed E-state index contributed by atoms with van der Waals surface area (Å²) < 4.78 is 40.0. The molecule has 0 atom stereocenters. The number of nitrogens with one attached hydrogen (secondary N) is 1. The van der Waals surface area contributed by atoms with Crippen molar-refractivity contribution < 1.29 is 22.7 Å². The molecule has 0 aliphatic heterocycles. The SMILES string of the molecule is Nc1ccsc1C(=O)Nc1cccc(OC(F)(F)F)c1. The van der Waals surface area contributed by atoms with Crippen LogP contribution < -0.4 is 15.8 Å². The summed E-state index contributed by atoms with van der Waals surface area (Å²) in [5, 5.41) is 4.10. The zero-order chi connectivity index (χ0) is 14.8. The second-order valence-corrected chi connectivity index (χ2v) is 4.65. The molecule has 4 nitrogen and oxygen atoms in total. The summed E-state index contributed by atoms with van der Waals surface area (Å²) in [5.41, 5.74) is 6.08. The van der Waals surface area contributed by atoms with Crippen LogP contribution in [0.4, 0.5) is 24.5 Å². The summed E-state index contributed by atoms with van der Waals surface area (Å²) in [6.45, 7) is 0. The van der Waals surface area contributed by atoms with Gasteiger partial charge in [0, 0.05) is 11.8 Å². The molecule has 0 spiro atoms. The molecule has 0 unspecified atom stereocenters. The van der Waals surface area contributed by atoms with Crippen LogP contribution in [0.1, 0.15) is 9.67 Å². The molecule has 1 aromatic heterocycles. The Morgan fingerprint density at radius 2 is 2.05 bits per heavy atom. The number of carbonyl (C=O) groups excluding carboxylic acids is 1. The number of anilines is 2. The van der Waals surface area contributed by atoms with E-state index in [4.69, 9.17) is 5.73 Å². The number of alkyl halides is 3. The smallest absolute Gasteiger partial charge is 0.406 e. The molecule has 0 aliphatic rings. The third kappa shape index (κ3) is 3.64. The minimum atomic E-state index is -4.78. The fourth-order valence-electron chi connectivity index (χ4n) is 1.46. The quantitative estimate of drug-likeness (QED) is 0.912. The molecule has 8 heteroatoms. The van der Waals surface area contributed by atoms with Crippen LogP contribution in [0.25, 0.3) is 0 Å². The molecular weight excluding hydrogens is 293 g/mol. The summed E-state index contributed by atoms with van der Waals surface area (Å²) in [7, 11) is 0. The average molecular weight is 302 g/mol. The van der Waals surface area contributed by atoms with Gasteiger partial charge in [-0.3, -0.25) is 4.79 Å². The van der Waals surface area contributed by atoms with Crippen molar-refractivity contribution in [2.24, 2.45) is 0 Å². The third-order valence-corrected chi connectivity index (χ3v) is 3.16. The van der Waals surface area contributed by atoms with E-state index in [9.17, 15) is 18.0 Å². The van der Waals surface area contributed by atoms with Crippen LogP contribution in [0.2, 0.25) is 0 Å². The van der Waals surface area contributed by atoms with E-state index in [2.05, 4.69) is 10.1 Å². The van der Waals surface area contributed by atoms with Crippen molar-refractivity contribution in [3.8, 4) is 5.75 Å². The molecule has 0 aliphatic carbocycles. The van der Waals surface area contributed by atoms with E-state index in [1.165, 1.54) is 12.1 Å². The lowest BCUT2D eigenvalue weighted by Crippen LogP contribution is -2.17. The zero-order valence-electron chi connectivity index (χ0n) is 9.90. The highest BCUT2D eigenvalue weighted by Crippen LogP contribution is 2.26. The largest absolute Gasteiger partial charge is 0.573 e. The molecule has 20 heavy (non-hydrogen) atoms. The van der Waals surface area contributed by atoms with Crippen LogP contribution in [0.5, 0.6) is 5.75 Å². The first-order valence-electron chi connectivity index (χ1n) is 5.35. The molecule has 0 saturated carbocycles. The Kier molecular flexibility index (Phi) is 3.84. The van der Waals surface area contributed by atoms with Gasteiger partial charge in [-0.1, -0.05) is 6.07 Å². The van der Waals surface area contributed by atoms with Gasteiger partial charge in [-0.15, -0.1) is 24.5 Å². The molecule has 1 aromatic carbocycles. The van der Waals surface area contributed by atoms with Gasteiger partial charge in [-0.25, -0.2) is 0 Å². The van der Waals surface area contributed by atoms with E-state index < -0.39 is 18.0 Å². The normalized spacial score (nSPS) is 11.2. The highest BCUT2D eigenvalue weighted by atomic mass is 32.1. The molecule has 0 radical (unpaired) electrons. The summed E-state index contributed by atoms with van der Waals surface area (Å²) in [6.07, 6.45) is -4.78. The number of nitrogens with two attached hydrogens (primary N) is 1. The van der Waals surface area contributed by atoms with Crippen molar-refractivity contribution in [3.63, 3.8) is 0 Å². The number of rotatable bonds is 3. The molecule has 106 valence electrons. The first-order chi connectivity index (χ1) is 9.35. The van der Waals surface area contributed by atoms with Crippen molar-refractivity contribution in [2.75, 3.05) is 11.1 Å². The third-order valence-electron chi connectivity index (χ3n) is 2.23. The van der Waals surface area contributed by atoms with Gasteiger partial charge in [0.05, 0.1) is 5.69 Å². The average Bonchev–Trinajstić information content (AvgIpc) is 2.73. The van der Waals surface area contributed by atoms with Crippen LogP contribution in [0.3, 0.4) is 0 Å². The molecule has 2 rings (SSSR count). The van der Waals surface area contributed by atoms with Gasteiger partial charge >= 0.3 is 6.36 Å². The van der Waals surface area contributed by atoms with E-state index in [1.807, 2.05) is 0 Å². The Balaban J connectivity index is 2.12. The molecule has 0 bridgehead atoms. The monoisotopic (exact) mass is 302 g/mol. The van der Waals surface area contributed by atoms with Crippen molar-refractivity contribution >= 4 is 28.6 Å². The lowest BCUT2D eigenvalue weighted by molar-refractivity contribution is -0.274. The molecular formula is C12H9F3N2O2S. The van der Waals surface area contributed by atoms with Gasteiger partial charge in [-0.05, 0) is 23.6 Å². The molecule has 2 aromatic rings. The summed E-state index contributed by atoms with van der Waals surface area (Å²) in [6, 6.07) is 6.58. The Morgan fingerprint density at radius 1 is 1.30 bits per heavy atom. The maximum atomic E-state index is 12.1. The van der Waals surface area contributed by atoms with Crippen molar-refractivity contribution in [1.82, 2.24) is 0 Å². The number of benzene rings is 1. The van der Waals surface area contributed by atoms with E-state index in [0.717, 1.165) is 23.5 Å². The molecule has 1 amide bonds. The molecule has 1 heterocycles. The summed E-state index contributed by atoms with van der Waals surface area (Å²) in [4.78, 5) is 12.1. The van der Waals surface area contributed by atoms with Crippen molar-refractivity contribution in [3.05, 3.63) is 40.6 Å². The van der Waals surface area contributed by atoms with E-state index in [0.29, 0.717) is 10.6 Å². The molecule has 0 fully saturated rings. The van der Waals surface area contributed by atoms with Gasteiger partial charge in [0.1, 0.15) is 10.6 Å². The fraction of sp³-hybridized carbons (Fsp3) is 0.0833. The number of amides is 1. The molecule has 3 N–H and O–H groups in total. The van der Waals surface area contributed by atoms with Crippen LogP contribution >= 0.6 is 11.3 Å². The summed E-state index contributed by atoms with van der Waals surface area (Å²) in [5.74, 6) is -0.892. The topological polar surface area (TPSA) is 64.4 Å².